The summed E-state index contributed by atoms with van der Waals surface area (Å²) < 4.78 is 32.9. The molecule has 0 spiro atoms. The molecule has 0 saturated carbocycles. The predicted octanol–water partition coefficient (Wildman–Crippen LogP) is 5.54. The molecule has 6 nitrogen and oxygen atoms in total. The van der Waals surface area contributed by atoms with Crippen molar-refractivity contribution in [3.8, 4) is 22.2 Å². The molecule has 0 fully saturated rings. The van der Waals surface area contributed by atoms with Crippen LogP contribution in [0.15, 0.2) is 55.0 Å². The summed E-state index contributed by atoms with van der Waals surface area (Å²) in [4.78, 5) is 25.9. The summed E-state index contributed by atoms with van der Waals surface area (Å²) in [6.45, 7) is 3.88. The molecule has 0 saturated heterocycles. The number of rotatable bonds is 5. The van der Waals surface area contributed by atoms with E-state index in [1.54, 1.807) is 6.20 Å². The van der Waals surface area contributed by atoms with Gasteiger partial charge in [0.05, 0.1) is 23.7 Å². The molecule has 4 aromatic rings. The van der Waals surface area contributed by atoms with E-state index in [0.717, 1.165) is 22.1 Å². The molecule has 2 aromatic carbocycles. The third kappa shape index (κ3) is 4.56. The molecule has 0 radical (unpaired) electrons. The highest BCUT2D eigenvalue weighted by atomic mass is 32.1. The second-order valence-electron chi connectivity index (χ2n) is 6.66. The van der Waals surface area contributed by atoms with Crippen molar-refractivity contribution in [1.29, 1.82) is 0 Å². The van der Waals surface area contributed by atoms with E-state index in [9.17, 15) is 13.6 Å². The van der Waals surface area contributed by atoms with Crippen molar-refractivity contribution in [2.45, 2.75) is 13.8 Å². The average Bonchev–Trinajstić information content (AvgIpc) is 3.16. The first kappa shape index (κ1) is 20.5. The van der Waals surface area contributed by atoms with Gasteiger partial charge in [-0.1, -0.05) is 23.5 Å². The number of nitrogens with zero attached hydrogens (tertiary/aromatic N) is 3. The summed E-state index contributed by atoms with van der Waals surface area (Å²) in [5.41, 5.74) is 1.90. The van der Waals surface area contributed by atoms with Gasteiger partial charge in [0, 0.05) is 16.6 Å². The zero-order valence-corrected chi connectivity index (χ0v) is 17.3. The average molecular weight is 438 g/mol. The summed E-state index contributed by atoms with van der Waals surface area (Å²) in [5.74, 6) is -2.41. The highest BCUT2D eigenvalue weighted by molar-refractivity contribution is 7.13. The maximum absolute atomic E-state index is 13.8. The lowest BCUT2D eigenvalue weighted by molar-refractivity contribution is 0.102. The fourth-order valence-electron chi connectivity index (χ4n) is 2.82. The molecule has 156 valence electrons. The maximum Gasteiger partial charge on any atom is 0.278 e. The van der Waals surface area contributed by atoms with E-state index in [0.29, 0.717) is 16.6 Å². The summed E-state index contributed by atoms with van der Waals surface area (Å²) in [5, 5.41) is 2.96. The lowest BCUT2D eigenvalue weighted by Crippen LogP contribution is -2.15. The van der Waals surface area contributed by atoms with Crippen LogP contribution in [0.4, 0.5) is 14.6 Å². The van der Waals surface area contributed by atoms with Crippen molar-refractivity contribution in [1.82, 2.24) is 15.0 Å². The molecule has 0 atom stereocenters. The van der Waals surface area contributed by atoms with Gasteiger partial charge in [-0.05, 0) is 43.7 Å². The Morgan fingerprint density at radius 3 is 2.58 bits per heavy atom. The van der Waals surface area contributed by atoms with Gasteiger partial charge in [0.1, 0.15) is 5.75 Å². The summed E-state index contributed by atoms with van der Waals surface area (Å²) in [6, 6.07) is 8.95. The van der Waals surface area contributed by atoms with Crippen LogP contribution in [0.2, 0.25) is 0 Å². The molecule has 0 aliphatic carbocycles. The van der Waals surface area contributed by atoms with E-state index in [1.165, 1.54) is 35.9 Å². The molecule has 0 bridgehead atoms. The Morgan fingerprint density at radius 2 is 1.87 bits per heavy atom. The van der Waals surface area contributed by atoms with Gasteiger partial charge >= 0.3 is 0 Å². The maximum atomic E-state index is 13.8. The molecule has 4 rings (SSSR count). The molecule has 0 aliphatic heterocycles. The number of halogens is 2. The molecule has 9 heteroatoms. The fraction of sp³-hybridized carbons (Fsp3) is 0.0909. The van der Waals surface area contributed by atoms with Crippen LogP contribution in [0.25, 0.3) is 11.3 Å². The molecule has 0 aliphatic rings. The largest absolute Gasteiger partial charge is 0.431 e. The van der Waals surface area contributed by atoms with Gasteiger partial charge in [0.2, 0.25) is 0 Å². The molecule has 31 heavy (non-hydrogen) atoms. The van der Waals surface area contributed by atoms with E-state index in [1.807, 2.05) is 32.0 Å². The number of aryl methyl sites for hydroxylation is 2. The minimum absolute atomic E-state index is 0.112. The highest BCUT2D eigenvalue weighted by Gasteiger charge is 2.16. The number of carbonyl (C=O) groups excluding carboxylic acids is 1. The third-order valence-electron chi connectivity index (χ3n) is 4.38. The molecular weight excluding hydrogens is 422 g/mol. The number of thiazole rings is 1. The van der Waals surface area contributed by atoms with Crippen LogP contribution in [-0.2, 0) is 0 Å². The number of anilines is 1. The van der Waals surface area contributed by atoms with Gasteiger partial charge in [0.25, 0.3) is 11.1 Å². The van der Waals surface area contributed by atoms with Crippen LogP contribution in [0, 0.1) is 25.5 Å². The number of aromatic nitrogens is 3. The molecule has 1 amide bonds. The number of hydrogen-bond donors (Lipinski definition) is 1. The Balaban J connectivity index is 1.53. The van der Waals surface area contributed by atoms with Crippen LogP contribution < -0.4 is 10.1 Å². The summed E-state index contributed by atoms with van der Waals surface area (Å²) >= 11 is 1.44. The lowest BCUT2D eigenvalue weighted by atomic mass is 10.1. The number of nitrogens with one attached hydrogen (secondary N) is 1. The minimum Gasteiger partial charge on any atom is -0.431 e. The van der Waals surface area contributed by atoms with E-state index >= 15 is 0 Å². The van der Waals surface area contributed by atoms with Gasteiger partial charge < -0.3 is 10.1 Å². The van der Waals surface area contributed by atoms with Crippen LogP contribution >= 0.6 is 11.3 Å². The lowest BCUT2D eigenvalue weighted by Gasteiger charge is -2.09. The number of ether oxygens (including phenoxy) is 1. The van der Waals surface area contributed by atoms with Crippen molar-refractivity contribution in [3.05, 3.63) is 82.6 Å². The molecule has 2 heterocycles. The molecular formula is C22H16F2N4O2S. The monoisotopic (exact) mass is 438 g/mol. The summed E-state index contributed by atoms with van der Waals surface area (Å²) in [7, 11) is 0. The fourth-order valence-corrected chi connectivity index (χ4v) is 3.44. The second-order valence-corrected chi connectivity index (χ2v) is 7.86. The first-order valence-electron chi connectivity index (χ1n) is 9.19. The van der Waals surface area contributed by atoms with Gasteiger partial charge in [0.15, 0.2) is 17.5 Å². The second kappa shape index (κ2) is 8.57. The van der Waals surface area contributed by atoms with Crippen molar-refractivity contribution < 1.29 is 18.3 Å². The predicted molar refractivity (Wildman–Crippen MR) is 113 cm³/mol. The number of benzene rings is 2. The topological polar surface area (TPSA) is 77.0 Å². The molecule has 2 aromatic heterocycles. The Morgan fingerprint density at radius 1 is 1.03 bits per heavy atom. The van der Waals surface area contributed by atoms with Crippen molar-refractivity contribution in [2.24, 2.45) is 0 Å². The van der Waals surface area contributed by atoms with Crippen molar-refractivity contribution in [2.75, 3.05) is 5.32 Å². The van der Waals surface area contributed by atoms with E-state index < -0.39 is 23.1 Å². The van der Waals surface area contributed by atoms with Gasteiger partial charge in [-0.15, -0.1) is 0 Å². The van der Waals surface area contributed by atoms with Crippen molar-refractivity contribution >= 4 is 23.1 Å². The smallest absolute Gasteiger partial charge is 0.278 e. The molecule has 1 N–H and O–H groups in total. The Kier molecular flexibility index (Phi) is 5.68. The van der Waals surface area contributed by atoms with Crippen LogP contribution in [0.3, 0.4) is 0 Å². The van der Waals surface area contributed by atoms with Gasteiger partial charge in [-0.2, -0.15) is 0 Å². The van der Waals surface area contributed by atoms with E-state index in [4.69, 9.17) is 4.74 Å². The first-order chi connectivity index (χ1) is 14.9. The highest BCUT2D eigenvalue weighted by Crippen LogP contribution is 2.31. The standard InChI is InChI=1S/C22H16F2N4O2S/c1-12-6-7-14(30-22-27-9-13(2)31-22)8-16(12)18-10-26-19(11-25-18)28-21(29)15-4-3-5-17(23)20(15)24/h3-11H,1-2H3,(H,26,28,29). The van der Waals surface area contributed by atoms with Gasteiger partial charge in [-0.25, -0.2) is 18.7 Å². The van der Waals surface area contributed by atoms with E-state index in [-0.39, 0.29) is 5.82 Å². The molecule has 0 unspecified atom stereocenters. The zero-order chi connectivity index (χ0) is 22.0. The van der Waals surface area contributed by atoms with Crippen LogP contribution in [0.5, 0.6) is 10.9 Å². The zero-order valence-electron chi connectivity index (χ0n) is 16.5. The summed E-state index contributed by atoms with van der Waals surface area (Å²) in [6.07, 6.45) is 4.57. The quantitative estimate of drug-likeness (QED) is 0.443. The first-order valence-corrected chi connectivity index (χ1v) is 10.0. The Bertz CT molecular complexity index is 1260. The van der Waals surface area contributed by atoms with Gasteiger partial charge in [-0.3, -0.25) is 9.78 Å². The number of carbonyl (C=O) groups is 1. The SMILES string of the molecule is Cc1cnc(Oc2ccc(C)c(-c3cnc(NC(=O)c4cccc(F)c4F)cn3)c2)s1. The normalized spacial score (nSPS) is 10.7. The van der Waals surface area contributed by atoms with Crippen LogP contribution in [-0.4, -0.2) is 20.9 Å². The van der Waals surface area contributed by atoms with Crippen molar-refractivity contribution in [3.63, 3.8) is 0 Å². The number of hydrogen-bond acceptors (Lipinski definition) is 6. The van der Waals surface area contributed by atoms with E-state index in [2.05, 4.69) is 20.3 Å². The Labute approximate surface area is 180 Å². The number of amides is 1. The minimum atomic E-state index is -1.22. The third-order valence-corrected chi connectivity index (χ3v) is 5.17. The Hall–Kier alpha value is -3.72. The van der Waals surface area contributed by atoms with Crippen LogP contribution in [0.1, 0.15) is 20.8 Å².